The molecule has 43 heavy (non-hydrogen) atoms. The third kappa shape index (κ3) is 3.43. The summed E-state index contributed by atoms with van der Waals surface area (Å²) in [5.41, 5.74) is 6.28. The lowest BCUT2D eigenvalue weighted by molar-refractivity contribution is 0.358. The van der Waals surface area contributed by atoms with E-state index in [0.29, 0.717) is 23.0 Å². The average molecular weight is 558 g/mol. The number of hydrogen-bond donors (Lipinski definition) is 2. The van der Waals surface area contributed by atoms with Crippen LogP contribution in [0.5, 0.6) is 23.0 Å². The zero-order valence-corrected chi connectivity index (χ0v) is 22.8. The van der Waals surface area contributed by atoms with Gasteiger partial charge in [0.15, 0.2) is 23.0 Å². The third-order valence-corrected chi connectivity index (χ3v) is 8.37. The lowest BCUT2D eigenvalue weighted by atomic mass is 9.79. The third-order valence-electron chi connectivity index (χ3n) is 8.37. The van der Waals surface area contributed by atoms with E-state index in [-0.39, 0.29) is 5.46 Å². The molecule has 0 aliphatic carbocycles. The van der Waals surface area contributed by atoms with E-state index in [2.05, 4.69) is 88.0 Å². The molecular weight excluding hydrogens is 535 g/mol. The number of hydrogen-bond acceptors (Lipinski definition) is 4. The molecule has 204 valence electrons. The molecule has 0 radical (unpaired) electrons. The molecule has 2 N–H and O–H groups in total. The van der Waals surface area contributed by atoms with Gasteiger partial charge in [0.05, 0.1) is 22.1 Å². The molecule has 9 rings (SSSR count). The van der Waals surface area contributed by atoms with Gasteiger partial charge in [0.1, 0.15) is 0 Å². The van der Waals surface area contributed by atoms with E-state index in [4.69, 9.17) is 9.47 Å². The number of ether oxygens (including phenoxy) is 2. The van der Waals surface area contributed by atoms with Gasteiger partial charge in [-0.3, -0.25) is 0 Å². The number of para-hydroxylation sites is 5. The monoisotopic (exact) mass is 558 g/mol. The van der Waals surface area contributed by atoms with Crippen LogP contribution in [0, 0.1) is 0 Å². The normalized spacial score (nSPS) is 12.3. The van der Waals surface area contributed by atoms with Crippen LogP contribution in [0.25, 0.3) is 55.0 Å². The SMILES string of the molecule is OB(O)c1cc(-n2c3ccccc3c3c2ccc2c4ccccc4n(-c4ccccc4)c23)cc2c1Oc1ccccc1O2. The van der Waals surface area contributed by atoms with Crippen molar-refractivity contribution in [2.24, 2.45) is 0 Å². The van der Waals surface area contributed by atoms with Crippen molar-refractivity contribution in [3.8, 4) is 34.4 Å². The van der Waals surface area contributed by atoms with E-state index in [0.717, 1.165) is 44.2 Å². The highest BCUT2D eigenvalue weighted by Crippen LogP contribution is 2.46. The molecule has 8 aromatic rings. The van der Waals surface area contributed by atoms with E-state index in [1.165, 1.54) is 10.8 Å². The number of rotatable bonds is 3. The first-order valence-electron chi connectivity index (χ1n) is 14.2. The minimum absolute atomic E-state index is 0.229. The molecule has 0 saturated carbocycles. The standard InChI is InChI=1S/C36H23BN2O4/c40-37(41)27-20-23(21-33-36(27)43-32-17-9-8-16-31(32)42-33)38-29-15-7-5-13-26(29)34-30(38)19-18-25-24-12-4-6-14-28(24)39(35(25)34)22-10-2-1-3-11-22/h1-21,40-41H. The highest BCUT2D eigenvalue weighted by atomic mass is 16.6. The van der Waals surface area contributed by atoms with Crippen molar-refractivity contribution in [3.05, 3.63) is 127 Å². The molecule has 0 unspecified atom stereocenters. The van der Waals surface area contributed by atoms with E-state index < -0.39 is 7.12 Å². The molecule has 1 aliphatic rings. The first kappa shape index (κ1) is 24.1. The van der Waals surface area contributed by atoms with Crippen LogP contribution in [-0.2, 0) is 0 Å². The topological polar surface area (TPSA) is 68.8 Å². The van der Waals surface area contributed by atoms with Gasteiger partial charge in [-0.15, -0.1) is 0 Å². The van der Waals surface area contributed by atoms with E-state index in [1.807, 2.05) is 36.4 Å². The zero-order chi connectivity index (χ0) is 28.7. The molecule has 1 aliphatic heterocycles. The van der Waals surface area contributed by atoms with Crippen molar-refractivity contribution in [2.75, 3.05) is 0 Å². The maximum absolute atomic E-state index is 10.5. The maximum Gasteiger partial charge on any atom is 0.492 e. The Kier molecular flexibility index (Phi) is 5.05. The Morgan fingerprint density at radius 2 is 1.14 bits per heavy atom. The fourth-order valence-electron chi connectivity index (χ4n) is 6.59. The average Bonchev–Trinajstić information content (AvgIpc) is 3.56. The predicted octanol–water partition coefficient (Wildman–Crippen LogP) is 7.46. The van der Waals surface area contributed by atoms with Gasteiger partial charge in [0, 0.05) is 44.4 Å². The first-order valence-corrected chi connectivity index (χ1v) is 14.2. The van der Waals surface area contributed by atoms with E-state index >= 15 is 0 Å². The van der Waals surface area contributed by atoms with Gasteiger partial charge < -0.3 is 28.7 Å². The van der Waals surface area contributed by atoms with E-state index in [1.54, 1.807) is 12.1 Å². The van der Waals surface area contributed by atoms with Crippen molar-refractivity contribution in [1.29, 1.82) is 0 Å². The van der Waals surface area contributed by atoms with Crippen molar-refractivity contribution in [3.63, 3.8) is 0 Å². The van der Waals surface area contributed by atoms with Crippen molar-refractivity contribution in [1.82, 2.24) is 9.13 Å². The summed E-state index contributed by atoms with van der Waals surface area (Å²) in [6.07, 6.45) is 0. The van der Waals surface area contributed by atoms with E-state index in [9.17, 15) is 10.0 Å². The predicted molar refractivity (Wildman–Crippen MR) is 172 cm³/mol. The summed E-state index contributed by atoms with van der Waals surface area (Å²) in [5.74, 6) is 1.81. The summed E-state index contributed by atoms with van der Waals surface area (Å²) in [5, 5.41) is 25.5. The minimum atomic E-state index is -1.76. The summed E-state index contributed by atoms with van der Waals surface area (Å²) >= 11 is 0. The molecule has 0 atom stereocenters. The van der Waals surface area contributed by atoms with Gasteiger partial charge in [-0.2, -0.15) is 0 Å². The fourth-order valence-corrected chi connectivity index (χ4v) is 6.59. The largest absolute Gasteiger partial charge is 0.492 e. The highest BCUT2D eigenvalue weighted by molar-refractivity contribution is 6.60. The van der Waals surface area contributed by atoms with Crippen molar-refractivity contribution >= 4 is 56.2 Å². The molecule has 7 heteroatoms. The molecule has 6 aromatic carbocycles. The summed E-state index contributed by atoms with van der Waals surface area (Å²) in [4.78, 5) is 0. The molecule has 6 nitrogen and oxygen atoms in total. The molecule has 0 spiro atoms. The first-order chi connectivity index (χ1) is 21.2. The van der Waals surface area contributed by atoms with Gasteiger partial charge in [-0.1, -0.05) is 72.8 Å². The lowest BCUT2D eigenvalue weighted by Crippen LogP contribution is -2.32. The smallest absolute Gasteiger partial charge is 0.450 e. The van der Waals surface area contributed by atoms with Crippen LogP contribution in [0.4, 0.5) is 0 Å². The second kappa shape index (κ2) is 9.00. The van der Waals surface area contributed by atoms with Crippen molar-refractivity contribution < 1.29 is 19.5 Å². The number of fused-ring (bicyclic) bond motifs is 9. The van der Waals surface area contributed by atoms with Crippen LogP contribution in [-0.4, -0.2) is 26.3 Å². The molecule has 0 amide bonds. The zero-order valence-electron chi connectivity index (χ0n) is 22.8. The summed E-state index contributed by atoms with van der Waals surface area (Å²) < 4.78 is 16.9. The number of benzene rings is 6. The molecule has 0 bridgehead atoms. The Bertz CT molecular complexity index is 2390. The Morgan fingerprint density at radius 1 is 0.488 bits per heavy atom. The van der Waals surface area contributed by atoms with Crippen LogP contribution in [0.3, 0.4) is 0 Å². The summed E-state index contributed by atoms with van der Waals surface area (Å²) in [6, 6.07) is 42.6. The minimum Gasteiger partial charge on any atom is -0.450 e. The Balaban J connectivity index is 1.40. The maximum atomic E-state index is 10.5. The van der Waals surface area contributed by atoms with Crippen LogP contribution < -0.4 is 14.9 Å². The Hall–Kier alpha value is -5.50. The second-order valence-corrected chi connectivity index (χ2v) is 10.8. The Morgan fingerprint density at radius 3 is 1.91 bits per heavy atom. The summed E-state index contributed by atoms with van der Waals surface area (Å²) in [7, 11) is -1.76. The highest BCUT2D eigenvalue weighted by Gasteiger charge is 2.29. The molecule has 0 fully saturated rings. The number of nitrogens with zero attached hydrogens (tertiary/aromatic N) is 2. The Labute approximate surface area is 246 Å². The van der Waals surface area contributed by atoms with Gasteiger partial charge in [0.25, 0.3) is 0 Å². The molecule has 0 saturated heterocycles. The number of aromatic nitrogens is 2. The van der Waals surface area contributed by atoms with Crippen LogP contribution in [0.2, 0.25) is 0 Å². The van der Waals surface area contributed by atoms with Crippen LogP contribution >= 0.6 is 0 Å². The van der Waals surface area contributed by atoms with Gasteiger partial charge in [0.2, 0.25) is 0 Å². The summed E-state index contributed by atoms with van der Waals surface area (Å²) in [6.45, 7) is 0. The van der Waals surface area contributed by atoms with Crippen LogP contribution in [0.15, 0.2) is 127 Å². The second-order valence-electron chi connectivity index (χ2n) is 10.8. The molecule has 3 heterocycles. The fraction of sp³-hybridized carbons (Fsp3) is 0. The van der Waals surface area contributed by atoms with Crippen molar-refractivity contribution in [2.45, 2.75) is 0 Å². The molecule has 2 aromatic heterocycles. The van der Waals surface area contributed by atoms with Gasteiger partial charge >= 0.3 is 7.12 Å². The van der Waals surface area contributed by atoms with Gasteiger partial charge in [-0.25, -0.2) is 0 Å². The van der Waals surface area contributed by atoms with Gasteiger partial charge in [-0.05, 0) is 48.5 Å². The quantitative estimate of drug-likeness (QED) is 0.221. The molecular formula is C36H23BN2O4. The lowest BCUT2D eigenvalue weighted by Gasteiger charge is -2.24. The van der Waals surface area contributed by atoms with Crippen LogP contribution in [0.1, 0.15) is 0 Å².